The third kappa shape index (κ3) is 3.77. The van der Waals surface area contributed by atoms with Crippen LogP contribution < -0.4 is 0 Å². The van der Waals surface area contributed by atoms with Gasteiger partial charge in [-0.15, -0.1) is 0 Å². The lowest BCUT2D eigenvalue weighted by Gasteiger charge is -2.07. The molecule has 1 aromatic rings. The van der Waals surface area contributed by atoms with Crippen molar-refractivity contribution in [1.29, 1.82) is 0 Å². The van der Waals surface area contributed by atoms with E-state index in [0.717, 1.165) is 0 Å². The van der Waals surface area contributed by atoms with Crippen LogP contribution in [0.2, 0.25) is 5.02 Å². The van der Waals surface area contributed by atoms with Crippen molar-refractivity contribution in [2.24, 2.45) is 0 Å². The Kier molecular flexibility index (Phi) is 3.69. The SMILES string of the molecule is OCc1cc(Cl)cc(SC(F)(F)F)c1. The predicted molar refractivity (Wildman–Crippen MR) is 49.3 cm³/mol. The van der Waals surface area contributed by atoms with Gasteiger partial charge in [0.25, 0.3) is 0 Å². The lowest BCUT2D eigenvalue weighted by Crippen LogP contribution is -1.99. The highest BCUT2D eigenvalue weighted by molar-refractivity contribution is 8.00. The van der Waals surface area contributed by atoms with Crippen LogP contribution in [0, 0.1) is 0 Å². The molecule has 0 atom stereocenters. The molecule has 0 fully saturated rings. The fraction of sp³-hybridized carbons (Fsp3) is 0.250. The fourth-order valence-corrected chi connectivity index (χ4v) is 1.89. The number of aliphatic hydroxyl groups excluding tert-OH is 1. The molecule has 1 nitrogen and oxygen atoms in total. The van der Waals surface area contributed by atoms with E-state index in [1.165, 1.54) is 18.2 Å². The first-order chi connectivity index (χ1) is 6.40. The molecule has 0 saturated carbocycles. The fourth-order valence-electron chi connectivity index (χ4n) is 0.905. The van der Waals surface area contributed by atoms with Crippen molar-refractivity contribution in [2.75, 3.05) is 0 Å². The Morgan fingerprint density at radius 2 is 1.93 bits per heavy atom. The van der Waals surface area contributed by atoms with Crippen molar-refractivity contribution >= 4 is 23.4 Å². The van der Waals surface area contributed by atoms with E-state index in [-0.39, 0.29) is 28.3 Å². The van der Waals surface area contributed by atoms with Gasteiger partial charge >= 0.3 is 5.51 Å². The molecular formula is C8H6ClF3OS. The van der Waals surface area contributed by atoms with Crippen LogP contribution in [0.5, 0.6) is 0 Å². The van der Waals surface area contributed by atoms with Crippen molar-refractivity contribution in [1.82, 2.24) is 0 Å². The predicted octanol–water partition coefficient (Wildman–Crippen LogP) is 3.44. The second kappa shape index (κ2) is 4.42. The zero-order valence-electron chi connectivity index (χ0n) is 6.81. The van der Waals surface area contributed by atoms with Crippen molar-refractivity contribution in [3.05, 3.63) is 28.8 Å². The van der Waals surface area contributed by atoms with Gasteiger partial charge in [0, 0.05) is 9.92 Å². The van der Waals surface area contributed by atoms with E-state index in [4.69, 9.17) is 16.7 Å². The molecule has 0 aliphatic rings. The lowest BCUT2D eigenvalue weighted by molar-refractivity contribution is -0.0328. The topological polar surface area (TPSA) is 20.2 Å². The molecule has 0 unspecified atom stereocenters. The summed E-state index contributed by atoms with van der Waals surface area (Å²) in [4.78, 5) is -0.0194. The van der Waals surface area contributed by atoms with Crippen LogP contribution in [0.15, 0.2) is 23.1 Å². The summed E-state index contributed by atoms with van der Waals surface area (Å²) in [5.41, 5.74) is -3.97. The first-order valence-electron chi connectivity index (χ1n) is 3.57. The van der Waals surface area contributed by atoms with Crippen LogP contribution in [0.4, 0.5) is 13.2 Å². The number of alkyl halides is 3. The molecule has 1 rings (SSSR count). The van der Waals surface area contributed by atoms with Crippen LogP contribution in [0.1, 0.15) is 5.56 Å². The minimum Gasteiger partial charge on any atom is -0.392 e. The standard InChI is InChI=1S/C8H6ClF3OS/c9-6-1-5(4-13)2-7(3-6)14-8(10,11)12/h1-3,13H,4H2. The molecule has 0 amide bonds. The van der Waals surface area contributed by atoms with Gasteiger partial charge in [-0.1, -0.05) is 11.6 Å². The molecule has 0 saturated heterocycles. The zero-order valence-corrected chi connectivity index (χ0v) is 8.38. The van der Waals surface area contributed by atoms with Gasteiger partial charge in [-0.2, -0.15) is 13.2 Å². The molecule has 0 aromatic heterocycles. The number of aliphatic hydroxyl groups is 1. The van der Waals surface area contributed by atoms with E-state index in [1.807, 2.05) is 0 Å². The minimum atomic E-state index is -4.34. The largest absolute Gasteiger partial charge is 0.446 e. The van der Waals surface area contributed by atoms with Gasteiger partial charge in [0.15, 0.2) is 0 Å². The first kappa shape index (κ1) is 11.7. The van der Waals surface area contributed by atoms with Crippen LogP contribution in [0.3, 0.4) is 0 Å². The Bertz CT molecular complexity index is 327. The Labute approximate surface area is 87.9 Å². The van der Waals surface area contributed by atoms with Gasteiger partial charge < -0.3 is 5.11 Å². The summed E-state index contributed by atoms with van der Waals surface area (Å²) < 4.78 is 35.9. The van der Waals surface area contributed by atoms with E-state index < -0.39 is 5.51 Å². The summed E-state index contributed by atoms with van der Waals surface area (Å²) >= 11 is 5.31. The molecule has 14 heavy (non-hydrogen) atoms. The van der Waals surface area contributed by atoms with Crippen molar-refractivity contribution in [2.45, 2.75) is 17.0 Å². The molecule has 0 radical (unpaired) electrons. The number of halogens is 4. The van der Waals surface area contributed by atoms with E-state index in [2.05, 4.69) is 0 Å². The molecule has 1 N–H and O–H groups in total. The summed E-state index contributed by atoms with van der Waals surface area (Å²) in [6.45, 7) is -0.327. The second-order valence-electron chi connectivity index (χ2n) is 2.50. The van der Waals surface area contributed by atoms with E-state index in [9.17, 15) is 13.2 Å². The van der Waals surface area contributed by atoms with Crippen LogP contribution in [0.25, 0.3) is 0 Å². The second-order valence-corrected chi connectivity index (χ2v) is 4.08. The summed E-state index contributed by atoms with van der Waals surface area (Å²) in [7, 11) is 0. The normalized spacial score (nSPS) is 11.8. The van der Waals surface area contributed by atoms with Gasteiger partial charge in [0.1, 0.15) is 0 Å². The summed E-state index contributed by atoms with van der Waals surface area (Å²) in [6.07, 6.45) is 0. The molecule has 0 aliphatic carbocycles. The Hall–Kier alpha value is -0.390. The lowest BCUT2D eigenvalue weighted by atomic mass is 10.2. The Morgan fingerprint density at radius 1 is 1.29 bits per heavy atom. The average Bonchev–Trinajstić information content (AvgIpc) is 1.99. The highest BCUT2D eigenvalue weighted by Gasteiger charge is 2.29. The monoisotopic (exact) mass is 242 g/mol. The quantitative estimate of drug-likeness (QED) is 0.802. The molecule has 0 heterocycles. The molecule has 0 spiro atoms. The maximum absolute atomic E-state index is 12.0. The maximum atomic E-state index is 12.0. The van der Waals surface area contributed by atoms with Crippen molar-refractivity contribution in [3.8, 4) is 0 Å². The molecule has 0 bridgehead atoms. The van der Waals surface area contributed by atoms with E-state index >= 15 is 0 Å². The maximum Gasteiger partial charge on any atom is 0.446 e. The third-order valence-corrected chi connectivity index (χ3v) is 2.27. The van der Waals surface area contributed by atoms with Gasteiger partial charge in [-0.25, -0.2) is 0 Å². The van der Waals surface area contributed by atoms with Crippen LogP contribution in [-0.4, -0.2) is 10.6 Å². The molecule has 0 aliphatic heterocycles. The molecule has 78 valence electrons. The minimum absolute atomic E-state index is 0.0194. The molecule has 6 heteroatoms. The number of hydrogen-bond acceptors (Lipinski definition) is 2. The highest BCUT2D eigenvalue weighted by Crippen LogP contribution is 2.38. The number of benzene rings is 1. The first-order valence-corrected chi connectivity index (χ1v) is 4.76. The highest BCUT2D eigenvalue weighted by atomic mass is 35.5. The third-order valence-electron chi connectivity index (χ3n) is 1.35. The summed E-state index contributed by atoms with van der Waals surface area (Å²) in [5.74, 6) is 0. The Morgan fingerprint density at radius 3 is 2.43 bits per heavy atom. The molecule has 1 aromatic carbocycles. The van der Waals surface area contributed by atoms with Gasteiger partial charge in [0.2, 0.25) is 0 Å². The van der Waals surface area contributed by atoms with Gasteiger partial charge in [0.05, 0.1) is 6.61 Å². The number of hydrogen-bond donors (Lipinski definition) is 1. The smallest absolute Gasteiger partial charge is 0.392 e. The molecular weight excluding hydrogens is 237 g/mol. The summed E-state index contributed by atoms with van der Waals surface area (Å²) in [5, 5.41) is 8.92. The van der Waals surface area contributed by atoms with E-state index in [0.29, 0.717) is 5.56 Å². The van der Waals surface area contributed by atoms with Crippen LogP contribution >= 0.6 is 23.4 Å². The summed E-state index contributed by atoms with van der Waals surface area (Å²) in [6, 6.07) is 3.88. The van der Waals surface area contributed by atoms with Crippen molar-refractivity contribution < 1.29 is 18.3 Å². The van der Waals surface area contributed by atoms with E-state index in [1.54, 1.807) is 0 Å². The average molecular weight is 243 g/mol. The number of rotatable bonds is 2. The Balaban J connectivity index is 2.92. The number of thioether (sulfide) groups is 1. The van der Waals surface area contributed by atoms with Crippen molar-refractivity contribution in [3.63, 3.8) is 0 Å². The van der Waals surface area contributed by atoms with Crippen LogP contribution in [-0.2, 0) is 6.61 Å². The van der Waals surface area contributed by atoms with Gasteiger partial charge in [-0.05, 0) is 35.5 Å². The van der Waals surface area contributed by atoms with Gasteiger partial charge in [-0.3, -0.25) is 0 Å². The zero-order chi connectivity index (χ0) is 10.8.